The van der Waals surface area contributed by atoms with Gasteiger partial charge in [0, 0.05) is 48.3 Å². The maximum atomic E-state index is 12.6. The fourth-order valence-corrected chi connectivity index (χ4v) is 5.33. The lowest BCUT2D eigenvalue weighted by atomic mass is 10.1. The maximum absolute atomic E-state index is 12.6. The van der Waals surface area contributed by atoms with Crippen LogP contribution in [0.3, 0.4) is 0 Å². The van der Waals surface area contributed by atoms with Gasteiger partial charge in [0.1, 0.15) is 23.0 Å². The van der Waals surface area contributed by atoms with Crippen molar-refractivity contribution in [2.24, 2.45) is 5.92 Å². The van der Waals surface area contributed by atoms with Crippen LogP contribution in [-0.2, 0) is 4.79 Å². The molecule has 0 bridgehead atoms. The molecule has 7 rings (SSSR count). The SMILES string of the molecule is COc1ccc2c(c1)nc(-c1ccc3occc3c1)n2-c1ccnc(N[C@H]2CCCN(C(=O)C3CC3)C2)n1. The number of piperidine rings is 1. The number of aromatic nitrogens is 4. The van der Waals surface area contributed by atoms with Crippen LogP contribution in [0.2, 0.25) is 0 Å². The predicted molar refractivity (Wildman–Crippen MR) is 144 cm³/mol. The molecule has 4 heterocycles. The van der Waals surface area contributed by atoms with Crippen LogP contribution in [0, 0.1) is 5.92 Å². The number of methoxy groups -OCH3 is 1. The number of hydrogen-bond acceptors (Lipinski definition) is 7. The first-order chi connectivity index (χ1) is 18.7. The summed E-state index contributed by atoms with van der Waals surface area (Å²) in [6, 6.07) is 15.8. The number of furan rings is 1. The van der Waals surface area contributed by atoms with E-state index in [0.717, 1.165) is 71.4 Å². The summed E-state index contributed by atoms with van der Waals surface area (Å²) in [6.45, 7) is 1.52. The van der Waals surface area contributed by atoms with Gasteiger partial charge in [-0.2, -0.15) is 4.98 Å². The second-order valence-electron chi connectivity index (χ2n) is 10.1. The summed E-state index contributed by atoms with van der Waals surface area (Å²) in [5.41, 5.74) is 3.50. The van der Waals surface area contributed by atoms with Gasteiger partial charge in [0.15, 0.2) is 0 Å². The van der Waals surface area contributed by atoms with E-state index in [0.29, 0.717) is 24.2 Å². The van der Waals surface area contributed by atoms with E-state index in [1.165, 1.54) is 0 Å². The van der Waals surface area contributed by atoms with Crippen molar-refractivity contribution in [3.8, 4) is 23.0 Å². The molecule has 0 radical (unpaired) electrons. The van der Waals surface area contributed by atoms with Gasteiger partial charge in [-0.1, -0.05) is 0 Å². The number of rotatable bonds is 6. The third-order valence-electron chi connectivity index (χ3n) is 7.44. The normalized spacial score (nSPS) is 17.7. The second kappa shape index (κ2) is 9.16. The minimum absolute atomic E-state index is 0.119. The first kappa shape index (κ1) is 22.8. The molecular weight excluding hydrogens is 480 g/mol. The van der Waals surface area contributed by atoms with E-state index < -0.39 is 0 Å². The molecule has 0 spiro atoms. The highest BCUT2D eigenvalue weighted by Gasteiger charge is 2.35. The number of nitrogens with one attached hydrogen (secondary N) is 1. The molecule has 1 saturated carbocycles. The van der Waals surface area contributed by atoms with Crippen molar-refractivity contribution in [1.29, 1.82) is 0 Å². The molecule has 1 saturated heterocycles. The molecule has 1 aliphatic heterocycles. The molecule has 3 aromatic heterocycles. The van der Waals surface area contributed by atoms with E-state index in [9.17, 15) is 4.79 Å². The average Bonchev–Trinajstić information content (AvgIpc) is 3.57. The first-order valence-electron chi connectivity index (χ1n) is 13.1. The quantitative estimate of drug-likeness (QED) is 0.343. The van der Waals surface area contributed by atoms with Crippen molar-refractivity contribution in [3.63, 3.8) is 0 Å². The Morgan fingerprint density at radius 2 is 2.00 bits per heavy atom. The molecule has 5 aromatic rings. The molecule has 38 heavy (non-hydrogen) atoms. The summed E-state index contributed by atoms with van der Waals surface area (Å²) in [6.07, 6.45) is 7.46. The number of benzene rings is 2. The summed E-state index contributed by atoms with van der Waals surface area (Å²) in [7, 11) is 1.65. The minimum Gasteiger partial charge on any atom is -0.497 e. The van der Waals surface area contributed by atoms with Crippen LogP contribution in [0.4, 0.5) is 5.95 Å². The molecule has 2 aliphatic rings. The van der Waals surface area contributed by atoms with Crippen LogP contribution < -0.4 is 10.1 Å². The van der Waals surface area contributed by atoms with Gasteiger partial charge < -0.3 is 19.4 Å². The lowest BCUT2D eigenvalue weighted by Gasteiger charge is -2.33. The molecule has 1 N–H and O–H groups in total. The zero-order chi connectivity index (χ0) is 25.6. The number of imidazole rings is 1. The van der Waals surface area contributed by atoms with Crippen molar-refractivity contribution in [1.82, 2.24) is 24.4 Å². The van der Waals surface area contributed by atoms with Crippen molar-refractivity contribution in [2.75, 3.05) is 25.5 Å². The van der Waals surface area contributed by atoms with Crippen molar-refractivity contribution in [2.45, 2.75) is 31.7 Å². The van der Waals surface area contributed by atoms with Crippen molar-refractivity contribution < 1.29 is 13.9 Å². The van der Waals surface area contributed by atoms with Crippen LogP contribution in [0.5, 0.6) is 5.75 Å². The molecular formula is C29H28N6O3. The van der Waals surface area contributed by atoms with Crippen LogP contribution >= 0.6 is 0 Å². The van der Waals surface area contributed by atoms with E-state index in [1.807, 2.05) is 51.9 Å². The summed E-state index contributed by atoms with van der Waals surface area (Å²) in [4.78, 5) is 29.0. The number of fused-ring (bicyclic) bond motifs is 2. The van der Waals surface area contributed by atoms with Gasteiger partial charge in [-0.25, -0.2) is 9.97 Å². The zero-order valence-electron chi connectivity index (χ0n) is 21.1. The van der Waals surface area contributed by atoms with E-state index in [1.54, 1.807) is 19.6 Å². The lowest BCUT2D eigenvalue weighted by molar-refractivity contribution is -0.133. The number of hydrogen-bond donors (Lipinski definition) is 1. The summed E-state index contributed by atoms with van der Waals surface area (Å²) in [5, 5.41) is 4.50. The Balaban J connectivity index is 1.26. The number of anilines is 1. The third-order valence-corrected chi connectivity index (χ3v) is 7.44. The molecule has 9 nitrogen and oxygen atoms in total. The van der Waals surface area contributed by atoms with E-state index in [4.69, 9.17) is 19.1 Å². The number of carbonyl (C=O) groups excluding carboxylic acids is 1. The fraction of sp³-hybridized carbons (Fsp3) is 0.310. The summed E-state index contributed by atoms with van der Waals surface area (Å²) in [5.74, 6) is 3.29. The lowest BCUT2D eigenvalue weighted by Crippen LogP contribution is -2.45. The summed E-state index contributed by atoms with van der Waals surface area (Å²) >= 11 is 0. The summed E-state index contributed by atoms with van der Waals surface area (Å²) < 4.78 is 13.0. The van der Waals surface area contributed by atoms with Gasteiger partial charge in [-0.15, -0.1) is 0 Å². The zero-order valence-corrected chi connectivity index (χ0v) is 21.1. The number of carbonyl (C=O) groups is 1. The number of nitrogens with zero attached hydrogens (tertiary/aromatic N) is 5. The third kappa shape index (κ3) is 4.13. The minimum atomic E-state index is 0.119. The highest BCUT2D eigenvalue weighted by molar-refractivity contribution is 5.87. The smallest absolute Gasteiger partial charge is 0.225 e. The molecule has 2 aromatic carbocycles. The van der Waals surface area contributed by atoms with Crippen LogP contribution in [0.1, 0.15) is 25.7 Å². The van der Waals surface area contributed by atoms with Crippen LogP contribution in [-0.4, -0.2) is 56.6 Å². The van der Waals surface area contributed by atoms with Gasteiger partial charge in [0.2, 0.25) is 11.9 Å². The Labute approximate surface area is 219 Å². The molecule has 1 amide bonds. The molecule has 1 aliphatic carbocycles. The Bertz CT molecular complexity index is 1650. The molecule has 0 unspecified atom stereocenters. The molecule has 192 valence electrons. The molecule has 1 atom stereocenters. The fourth-order valence-electron chi connectivity index (χ4n) is 5.33. The number of likely N-dealkylation sites (tertiary alicyclic amines) is 1. The average molecular weight is 509 g/mol. The molecule has 9 heteroatoms. The molecule has 2 fully saturated rings. The van der Waals surface area contributed by atoms with E-state index in [-0.39, 0.29) is 12.0 Å². The van der Waals surface area contributed by atoms with E-state index in [2.05, 4.69) is 16.4 Å². The number of ether oxygens (including phenoxy) is 1. The standard InChI is InChI=1S/C29H28N6O3/c1-37-22-7-8-24-23(16-22)32-27(20-6-9-25-19(15-20)11-14-38-25)35(24)26-10-12-30-29(33-26)31-21-3-2-13-34(17-21)28(36)18-4-5-18/h6-12,14-16,18,21H,2-5,13,17H2,1H3,(H,30,31,33)/t21-/m0/s1. The van der Waals surface area contributed by atoms with Gasteiger partial charge >= 0.3 is 0 Å². The monoisotopic (exact) mass is 508 g/mol. The largest absolute Gasteiger partial charge is 0.497 e. The highest BCUT2D eigenvalue weighted by Crippen LogP contribution is 2.33. The Morgan fingerprint density at radius 1 is 1.08 bits per heavy atom. The topological polar surface area (TPSA) is 98.3 Å². The highest BCUT2D eigenvalue weighted by atomic mass is 16.5. The van der Waals surface area contributed by atoms with Gasteiger partial charge in [0.25, 0.3) is 0 Å². The Kier molecular flexibility index (Phi) is 5.49. The number of amides is 1. The van der Waals surface area contributed by atoms with Gasteiger partial charge in [-0.3, -0.25) is 9.36 Å². The van der Waals surface area contributed by atoms with Crippen LogP contribution in [0.15, 0.2) is 65.4 Å². The maximum Gasteiger partial charge on any atom is 0.225 e. The second-order valence-corrected chi connectivity index (χ2v) is 10.1. The Hall–Kier alpha value is -4.40. The Morgan fingerprint density at radius 3 is 2.87 bits per heavy atom. The van der Waals surface area contributed by atoms with Crippen molar-refractivity contribution >= 4 is 33.9 Å². The predicted octanol–water partition coefficient (Wildman–Crippen LogP) is 5.05. The van der Waals surface area contributed by atoms with Gasteiger partial charge in [0.05, 0.1) is 24.4 Å². The van der Waals surface area contributed by atoms with E-state index >= 15 is 0 Å². The van der Waals surface area contributed by atoms with Crippen molar-refractivity contribution in [3.05, 3.63) is 61.0 Å². The first-order valence-corrected chi connectivity index (χ1v) is 13.1. The van der Waals surface area contributed by atoms with Gasteiger partial charge in [-0.05, 0) is 68.1 Å². The van der Waals surface area contributed by atoms with Crippen LogP contribution in [0.25, 0.3) is 39.2 Å².